The molecule has 29 heavy (non-hydrogen) atoms. The number of hydrazone groups is 1. The molecule has 2 aromatic rings. The fourth-order valence-electron chi connectivity index (χ4n) is 4.27. The first-order valence-corrected chi connectivity index (χ1v) is 10.4. The smallest absolute Gasteiger partial charge is 0.257 e. The molecule has 0 aliphatic carbocycles. The Morgan fingerprint density at radius 2 is 1.83 bits per heavy atom. The van der Waals surface area contributed by atoms with Gasteiger partial charge >= 0.3 is 0 Å². The molecule has 0 saturated carbocycles. The second-order valence-electron chi connectivity index (χ2n) is 8.07. The zero-order chi connectivity index (χ0) is 20.4. The number of hydrogen-bond acceptors (Lipinski definition) is 4. The van der Waals surface area contributed by atoms with E-state index in [1.54, 1.807) is 5.01 Å². The van der Waals surface area contributed by atoms with Gasteiger partial charge in [0, 0.05) is 25.1 Å². The third kappa shape index (κ3) is 4.26. The Labute approximate surface area is 173 Å². The molecule has 0 radical (unpaired) electrons. The van der Waals surface area contributed by atoms with Gasteiger partial charge in [-0.15, -0.1) is 0 Å². The van der Waals surface area contributed by atoms with E-state index in [1.807, 2.05) is 12.1 Å². The van der Waals surface area contributed by atoms with E-state index >= 15 is 0 Å². The fraction of sp³-hybridized carbons (Fsp3) is 0.417. The van der Waals surface area contributed by atoms with Crippen LogP contribution in [0.2, 0.25) is 0 Å². The number of morpholine rings is 1. The van der Waals surface area contributed by atoms with Gasteiger partial charge in [-0.2, -0.15) is 5.10 Å². The molecule has 2 heterocycles. The summed E-state index contributed by atoms with van der Waals surface area (Å²) in [6.07, 6.45) is 0.740. The number of carbonyl (C=O) groups is 1. The van der Waals surface area contributed by atoms with Crippen molar-refractivity contribution in [1.29, 1.82) is 0 Å². The number of nitrogens with zero attached hydrogens (tertiary/aromatic N) is 3. The van der Waals surface area contributed by atoms with E-state index in [0.717, 1.165) is 30.8 Å². The van der Waals surface area contributed by atoms with Gasteiger partial charge in [0.25, 0.3) is 5.91 Å². The molecule has 1 atom stereocenters. The van der Waals surface area contributed by atoms with Crippen LogP contribution in [0.3, 0.4) is 0 Å². The second-order valence-corrected chi connectivity index (χ2v) is 8.07. The van der Waals surface area contributed by atoms with E-state index in [1.165, 1.54) is 22.3 Å². The van der Waals surface area contributed by atoms with Gasteiger partial charge in [0.1, 0.15) is 0 Å². The van der Waals surface area contributed by atoms with E-state index < -0.39 is 0 Å². The highest BCUT2D eigenvalue weighted by Gasteiger charge is 2.34. The molecular weight excluding hydrogens is 362 g/mol. The SMILES string of the molecule is Cc1ccc(C2=NN(C(=O)CN3CCOCC3)[C@@H](c3ccccc3C)C2)c(C)c1. The van der Waals surface area contributed by atoms with Gasteiger partial charge in [-0.3, -0.25) is 9.69 Å². The third-order valence-corrected chi connectivity index (χ3v) is 5.87. The quantitative estimate of drug-likeness (QED) is 0.800. The molecule has 1 saturated heterocycles. The first kappa shape index (κ1) is 19.8. The number of carbonyl (C=O) groups excluding carboxylic acids is 1. The number of rotatable bonds is 4. The van der Waals surface area contributed by atoms with Gasteiger partial charge in [-0.1, -0.05) is 48.0 Å². The molecule has 5 nitrogen and oxygen atoms in total. The van der Waals surface area contributed by atoms with Crippen molar-refractivity contribution in [2.75, 3.05) is 32.8 Å². The van der Waals surface area contributed by atoms with E-state index in [4.69, 9.17) is 9.84 Å². The van der Waals surface area contributed by atoms with Crippen molar-refractivity contribution in [2.45, 2.75) is 33.2 Å². The van der Waals surface area contributed by atoms with Crippen LogP contribution in [0.5, 0.6) is 0 Å². The first-order valence-electron chi connectivity index (χ1n) is 10.4. The number of benzene rings is 2. The maximum atomic E-state index is 13.3. The minimum atomic E-state index is -0.0551. The number of hydrogen-bond donors (Lipinski definition) is 0. The monoisotopic (exact) mass is 391 g/mol. The van der Waals surface area contributed by atoms with Gasteiger partial charge < -0.3 is 4.74 Å². The highest BCUT2D eigenvalue weighted by atomic mass is 16.5. The maximum Gasteiger partial charge on any atom is 0.257 e. The van der Waals surface area contributed by atoms with Gasteiger partial charge in [0.15, 0.2) is 0 Å². The van der Waals surface area contributed by atoms with Gasteiger partial charge in [-0.25, -0.2) is 5.01 Å². The molecule has 1 amide bonds. The summed E-state index contributed by atoms with van der Waals surface area (Å²) >= 11 is 0. The van der Waals surface area contributed by atoms with Gasteiger partial charge in [0.2, 0.25) is 0 Å². The molecule has 0 spiro atoms. The summed E-state index contributed by atoms with van der Waals surface area (Å²) in [7, 11) is 0. The lowest BCUT2D eigenvalue weighted by molar-refractivity contribution is -0.135. The molecule has 0 aromatic heterocycles. The average Bonchev–Trinajstić information content (AvgIpc) is 3.14. The van der Waals surface area contributed by atoms with E-state index in [9.17, 15) is 4.79 Å². The predicted molar refractivity (Wildman–Crippen MR) is 115 cm³/mol. The molecule has 0 unspecified atom stereocenters. The van der Waals surface area contributed by atoms with Crippen LogP contribution in [0.4, 0.5) is 0 Å². The van der Waals surface area contributed by atoms with Crippen LogP contribution in [0.15, 0.2) is 47.6 Å². The van der Waals surface area contributed by atoms with Crippen molar-refractivity contribution < 1.29 is 9.53 Å². The Bertz CT molecular complexity index is 931. The highest BCUT2D eigenvalue weighted by molar-refractivity contribution is 6.04. The average molecular weight is 392 g/mol. The molecule has 4 rings (SSSR count). The minimum Gasteiger partial charge on any atom is -0.379 e. The van der Waals surface area contributed by atoms with Crippen LogP contribution in [0, 0.1) is 20.8 Å². The second kappa shape index (κ2) is 8.47. The predicted octanol–water partition coefficient (Wildman–Crippen LogP) is 3.62. The minimum absolute atomic E-state index is 0.0551. The lowest BCUT2D eigenvalue weighted by Gasteiger charge is -2.29. The van der Waals surface area contributed by atoms with Gasteiger partial charge in [-0.05, 0) is 37.5 Å². The number of ether oxygens (including phenoxy) is 1. The van der Waals surface area contributed by atoms with Crippen molar-refractivity contribution in [3.05, 3.63) is 70.3 Å². The summed E-state index contributed by atoms with van der Waals surface area (Å²) in [5.74, 6) is 0.0555. The van der Waals surface area contributed by atoms with Crippen LogP contribution in [-0.4, -0.2) is 54.4 Å². The summed E-state index contributed by atoms with van der Waals surface area (Å²) in [6.45, 7) is 9.67. The number of aryl methyl sites for hydroxylation is 3. The maximum absolute atomic E-state index is 13.3. The summed E-state index contributed by atoms with van der Waals surface area (Å²) in [4.78, 5) is 15.4. The highest BCUT2D eigenvalue weighted by Crippen LogP contribution is 2.35. The van der Waals surface area contributed by atoms with Crippen molar-refractivity contribution in [1.82, 2.24) is 9.91 Å². The molecule has 2 aliphatic rings. The van der Waals surface area contributed by atoms with Crippen molar-refractivity contribution >= 4 is 11.6 Å². The van der Waals surface area contributed by atoms with Crippen molar-refractivity contribution in [2.24, 2.45) is 5.10 Å². The topological polar surface area (TPSA) is 45.1 Å². The van der Waals surface area contributed by atoms with Crippen LogP contribution < -0.4 is 0 Å². The molecule has 0 N–H and O–H groups in total. The Balaban J connectivity index is 1.65. The van der Waals surface area contributed by atoms with Crippen LogP contribution in [-0.2, 0) is 9.53 Å². The van der Waals surface area contributed by atoms with E-state index in [-0.39, 0.29) is 11.9 Å². The van der Waals surface area contributed by atoms with Gasteiger partial charge in [0.05, 0.1) is 31.5 Å². The molecule has 2 aliphatic heterocycles. The Morgan fingerprint density at radius 3 is 2.55 bits per heavy atom. The molecule has 152 valence electrons. The fourth-order valence-corrected chi connectivity index (χ4v) is 4.27. The van der Waals surface area contributed by atoms with Crippen LogP contribution >= 0.6 is 0 Å². The Kier molecular flexibility index (Phi) is 5.79. The zero-order valence-corrected chi connectivity index (χ0v) is 17.5. The summed E-state index contributed by atoms with van der Waals surface area (Å²) < 4.78 is 5.42. The normalized spacial score (nSPS) is 20.0. The summed E-state index contributed by atoms with van der Waals surface area (Å²) in [5.41, 5.74) is 6.93. The molecule has 0 bridgehead atoms. The third-order valence-electron chi connectivity index (χ3n) is 5.87. The lowest BCUT2D eigenvalue weighted by atomic mass is 9.93. The molecular formula is C24H29N3O2. The summed E-state index contributed by atoms with van der Waals surface area (Å²) in [6, 6.07) is 14.7. The number of amides is 1. The largest absolute Gasteiger partial charge is 0.379 e. The molecule has 1 fully saturated rings. The zero-order valence-electron chi connectivity index (χ0n) is 17.5. The lowest BCUT2D eigenvalue weighted by Crippen LogP contribution is -2.43. The Morgan fingerprint density at radius 1 is 1.07 bits per heavy atom. The Hall–Kier alpha value is -2.50. The molecule has 5 heteroatoms. The van der Waals surface area contributed by atoms with Crippen molar-refractivity contribution in [3.63, 3.8) is 0 Å². The first-order chi connectivity index (χ1) is 14.0. The molecule has 2 aromatic carbocycles. The van der Waals surface area contributed by atoms with E-state index in [2.05, 4.69) is 56.0 Å². The van der Waals surface area contributed by atoms with Crippen LogP contribution in [0.1, 0.15) is 40.3 Å². The standard InChI is InChI=1S/C24H29N3O2/c1-17-8-9-20(19(3)14-17)22-15-23(21-7-5-4-6-18(21)2)27(25-22)24(28)16-26-10-12-29-13-11-26/h4-9,14,23H,10-13,15-16H2,1-3H3/t23-/m1/s1. The van der Waals surface area contributed by atoms with Crippen LogP contribution in [0.25, 0.3) is 0 Å². The van der Waals surface area contributed by atoms with Crippen molar-refractivity contribution in [3.8, 4) is 0 Å². The van der Waals surface area contributed by atoms with E-state index in [0.29, 0.717) is 19.8 Å². The summed E-state index contributed by atoms with van der Waals surface area (Å²) in [5, 5.41) is 6.58.